The van der Waals surface area contributed by atoms with Crippen LogP contribution in [0.4, 0.5) is 0 Å². The van der Waals surface area contributed by atoms with Gasteiger partial charge in [-0.3, -0.25) is 9.78 Å². The molecule has 5 nitrogen and oxygen atoms in total. The first-order chi connectivity index (χ1) is 11.8. The molecule has 1 amide bonds. The first-order valence-corrected chi connectivity index (χ1v) is 9.23. The fraction of sp³-hybridized carbons (Fsp3) is 0.444. The number of carbonyl (C=O) groups excluding carboxylic acids is 1. The van der Waals surface area contributed by atoms with E-state index in [0.717, 1.165) is 30.7 Å². The molecule has 0 N–H and O–H groups in total. The minimum Gasteiger partial charge on any atom is -0.373 e. The van der Waals surface area contributed by atoms with Crippen molar-refractivity contribution in [3.63, 3.8) is 0 Å². The van der Waals surface area contributed by atoms with Gasteiger partial charge in [-0.05, 0) is 36.4 Å². The van der Waals surface area contributed by atoms with Crippen molar-refractivity contribution in [1.82, 2.24) is 9.88 Å². The van der Waals surface area contributed by atoms with Crippen molar-refractivity contribution in [2.45, 2.75) is 37.7 Å². The molecular formula is C18H20N2O3S. The van der Waals surface area contributed by atoms with E-state index in [0.29, 0.717) is 13.2 Å². The van der Waals surface area contributed by atoms with Gasteiger partial charge < -0.3 is 14.4 Å². The van der Waals surface area contributed by atoms with Crippen molar-refractivity contribution in [2.24, 2.45) is 0 Å². The van der Waals surface area contributed by atoms with Gasteiger partial charge in [0.25, 0.3) is 5.91 Å². The van der Waals surface area contributed by atoms with Crippen molar-refractivity contribution in [3.05, 3.63) is 52.5 Å². The van der Waals surface area contributed by atoms with Crippen LogP contribution in [0.1, 0.15) is 28.9 Å². The predicted molar refractivity (Wildman–Crippen MR) is 90.9 cm³/mol. The highest BCUT2D eigenvalue weighted by atomic mass is 32.1. The third kappa shape index (κ3) is 3.09. The maximum absolute atomic E-state index is 12.8. The van der Waals surface area contributed by atoms with Crippen molar-refractivity contribution in [2.75, 3.05) is 13.2 Å². The lowest BCUT2D eigenvalue weighted by Crippen LogP contribution is -2.43. The molecule has 6 heteroatoms. The maximum Gasteiger partial charge on any atom is 0.255 e. The van der Waals surface area contributed by atoms with Crippen molar-refractivity contribution in [3.8, 4) is 0 Å². The molecule has 2 fully saturated rings. The molecule has 0 spiro atoms. The number of ether oxygens (including phenoxy) is 2. The second-order valence-corrected chi connectivity index (χ2v) is 6.97. The lowest BCUT2D eigenvalue weighted by atomic mass is 10.0. The smallest absolute Gasteiger partial charge is 0.255 e. The Labute approximate surface area is 145 Å². The zero-order valence-electron chi connectivity index (χ0n) is 13.3. The van der Waals surface area contributed by atoms with Gasteiger partial charge in [-0.15, -0.1) is 0 Å². The topological polar surface area (TPSA) is 51.7 Å². The Morgan fingerprint density at radius 2 is 2.38 bits per heavy atom. The predicted octanol–water partition coefficient (Wildman–Crippen LogP) is 2.73. The molecule has 0 bridgehead atoms. The summed E-state index contributed by atoms with van der Waals surface area (Å²) >= 11 is 1.55. The van der Waals surface area contributed by atoms with Gasteiger partial charge in [0.05, 0.1) is 30.5 Å². The number of pyridine rings is 1. The van der Waals surface area contributed by atoms with Crippen LogP contribution in [0.15, 0.2) is 41.2 Å². The van der Waals surface area contributed by atoms with Crippen molar-refractivity contribution in [1.29, 1.82) is 0 Å². The van der Waals surface area contributed by atoms with E-state index in [9.17, 15) is 4.79 Å². The van der Waals surface area contributed by atoms with Crippen LogP contribution in [0.3, 0.4) is 0 Å². The van der Waals surface area contributed by atoms with E-state index in [2.05, 4.69) is 4.98 Å². The molecule has 2 aliphatic heterocycles. The minimum atomic E-state index is -0.0973. The van der Waals surface area contributed by atoms with Gasteiger partial charge in [0, 0.05) is 18.2 Å². The van der Waals surface area contributed by atoms with E-state index in [1.54, 1.807) is 17.5 Å². The molecule has 126 valence electrons. The SMILES string of the molecule is O=C(c1ccsc1)N1C[C@@H](OCc2ccccn2)[C@H]2OCCC[C@H]21. The zero-order chi connectivity index (χ0) is 16.4. The molecule has 0 aliphatic carbocycles. The summed E-state index contributed by atoms with van der Waals surface area (Å²) in [6.07, 6.45) is 3.59. The molecule has 2 aromatic rings. The van der Waals surface area contributed by atoms with Crippen LogP contribution in [-0.2, 0) is 16.1 Å². The number of nitrogens with zero attached hydrogens (tertiary/aromatic N) is 2. The highest BCUT2D eigenvalue weighted by Gasteiger charge is 2.46. The van der Waals surface area contributed by atoms with E-state index in [1.165, 1.54) is 0 Å². The number of rotatable bonds is 4. The number of likely N-dealkylation sites (tertiary alicyclic amines) is 1. The van der Waals surface area contributed by atoms with Crippen LogP contribution >= 0.6 is 11.3 Å². The molecule has 4 rings (SSSR count). The molecule has 0 saturated carbocycles. The average Bonchev–Trinajstić information content (AvgIpc) is 3.29. The second-order valence-electron chi connectivity index (χ2n) is 6.19. The molecule has 2 aromatic heterocycles. The molecule has 0 radical (unpaired) electrons. The molecular weight excluding hydrogens is 324 g/mol. The number of thiophene rings is 1. The van der Waals surface area contributed by atoms with Crippen LogP contribution in [-0.4, -0.2) is 47.2 Å². The Kier molecular flexibility index (Phi) is 4.60. The summed E-state index contributed by atoms with van der Waals surface area (Å²) in [4.78, 5) is 19.0. The number of aromatic nitrogens is 1. The lowest BCUT2D eigenvalue weighted by Gasteiger charge is -2.32. The number of amides is 1. The van der Waals surface area contributed by atoms with Gasteiger partial charge in [0.2, 0.25) is 0 Å². The number of hydrogen-bond donors (Lipinski definition) is 0. The van der Waals surface area contributed by atoms with Crippen molar-refractivity contribution >= 4 is 17.2 Å². The van der Waals surface area contributed by atoms with Crippen LogP contribution in [0.5, 0.6) is 0 Å². The van der Waals surface area contributed by atoms with Crippen molar-refractivity contribution < 1.29 is 14.3 Å². The maximum atomic E-state index is 12.8. The summed E-state index contributed by atoms with van der Waals surface area (Å²) in [7, 11) is 0. The fourth-order valence-corrected chi connectivity index (χ4v) is 4.15. The highest BCUT2D eigenvalue weighted by Crippen LogP contribution is 2.32. The molecule has 0 aromatic carbocycles. The zero-order valence-corrected chi connectivity index (χ0v) is 14.2. The summed E-state index contributed by atoms with van der Waals surface area (Å²) in [5.41, 5.74) is 1.65. The fourth-order valence-electron chi connectivity index (χ4n) is 3.52. The Hall–Kier alpha value is -1.76. The molecule has 4 heterocycles. The molecule has 0 unspecified atom stereocenters. The van der Waals surface area contributed by atoms with Gasteiger partial charge in [0.1, 0.15) is 12.2 Å². The number of fused-ring (bicyclic) bond motifs is 1. The van der Waals surface area contributed by atoms with E-state index in [-0.39, 0.29) is 24.2 Å². The molecule has 2 saturated heterocycles. The minimum absolute atomic E-state index is 0.0370. The highest BCUT2D eigenvalue weighted by molar-refractivity contribution is 7.08. The monoisotopic (exact) mass is 344 g/mol. The van der Waals surface area contributed by atoms with Gasteiger partial charge >= 0.3 is 0 Å². The summed E-state index contributed by atoms with van der Waals surface area (Å²) < 4.78 is 12.0. The van der Waals surface area contributed by atoms with Gasteiger partial charge in [0.15, 0.2) is 0 Å². The number of hydrogen-bond acceptors (Lipinski definition) is 5. The Balaban J connectivity index is 1.48. The largest absolute Gasteiger partial charge is 0.373 e. The third-order valence-corrected chi connectivity index (χ3v) is 5.36. The second kappa shape index (κ2) is 7.01. The Morgan fingerprint density at radius 1 is 1.42 bits per heavy atom. The van der Waals surface area contributed by atoms with Crippen LogP contribution in [0.25, 0.3) is 0 Å². The van der Waals surface area contributed by atoms with E-state index >= 15 is 0 Å². The van der Waals surface area contributed by atoms with Gasteiger partial charge in [-0.2, -0.15) is 11.3 Å². The standard InChI is InChI=1S/C18H20N2O3S/c21-18(13-6-9-24-12-13)20-10-16(17-15(20)5-3-8-22-17)23-11-14-4-1-2-7-19-14/h1-2,4,6-7,9,12,15-17H,3,5,8,10-11H2/t15-,16-,17+/m1/s1. The molecule has 2 aliphatic rings. The first-order valence-electron chi connectivity index (χ1n) is 8.29. The third-order valence-electron chi connectivity index (χ3n) is 4.68. The first kappa shape index (κ1) is 15.7. The number of carbonyl (C=O) groups is 1. The van der Waals surface area contributed by atoms with Gasteiger partial charge in [-0.1, -0.05) is 6.07 Å². The Morgan fingerprint density at radius 3 is 3.17 bits per heavy atom. The molecule has 24 heavy (non-hydrogen) atoms. The Bertz CT molecular complexity index is 677. The van der Waals surface area contributed by atoms with E-state index < -0.39 is 0 Å². The van der Waals surface area contributed by atoms with E-state index in [1.807, 2.05) is 39.9 Å². The summed E-state index contributed by atoms with van der Waals surface area (Å²) in [6, 6.07) is 7.78. The van der Waals surface area contributed by atoms with Crippen LogP contribution in [0.2, 0.25) is 0 Å². The lowest BCUT2D eigenvalue weighted by molar-refractivity contribution is -0.0814. The summed E-state index contributed by atoms with van der Waals surface area (Å²) in [6.45, 7) is 1.76. The molecule has 3 atom stereocenters. The van der Waals surface area contributed by atoms with Gasteiger partial charge in [-0.25, -0.2) is 0 Å². The summed E-state index contributed by atoms with van der Waals surface area (Å²) in [5, 5.41) is 3.84. The average molecular weight is 344 g/mol. The summed E-state index contributed by atoms with van der Waals surface area (Å²) in [5.74, 6) is 0.0840. The van der Waals surface area contributed by atoms with E-state index in [4.69, 9.17) is 9.47 Å². The van der Waals surface area contributed by atoms with Crippen LogP contribution in [0, 0.1) is 0 Å². The quantitative estimate of drug-likeness (QED) is 0.856. The normalized spacial score (nSPS) is 26.3. The van der Waals surface area contributed by atoms with Crippen LogP contribution < -0.4 is 0 Å².